The molecule has 8 heteroatoms. The lowest BCUT2D eigenvalue weighted by Crippen LogP contribution is -2.50. The Balaban J connectivity index is 2.44. The summed E-state index contributed by atoms with van der Waals surface area (Å²) in [6.45, 7) is 13.8. The molecule has 0 aromatic rings. The van der Waals surface area contributed by atoms with Crippen LogP contribution in [0, 0.1) is 5.41 Å². The van der Waals surface area contributed by atoms with Crippen molar-refractivity contribution in [3.8, 4) is 0 Å². The SMILES string of the molecule is CN=C(NCCS(=O)(=O)N1CC(C)OC(C)C1)NC(C)CCC(C)(C)C. The molecule has 0 spiro atoms. The van der Waals surface area contributed by atoms with Crippen LogP contribution in [0.3, 0.4) is 0 Å². The molecule has 1 aliphatic rings. The third kappa shape index (κ3) is 8.68. The van der Waals surface area contributed by atoms with Gasteiger partial charge in [-0.1, -0.05) is 20.8 Å². The predicted octanol–water partition coefficient (Wildman–Crippen LogP) is 1.81. The number of morpholine rings is 1. The molecule has 7 nitrogen and oxygen atoms in total. The number of guanidine groups is 1. The molecule has 2 N–H and O–H groups in total. The number of rotatable bonds is 7. The van der Waals surface area contributed by atoms with Gasteiger partial charge in [0, 0.05) is 32.7 Å². The molecule has 0 aliphatic carbocycles. The fourth-order valence-corrected chi connectivity index (χ4v) is 4.43. The lowest BCUT2D eigenvalue weighted by Gasteiger charge is -2.34. The van der Waals surface area contributed by atoms with Gasteiger partial charge in [-0.2, -0.15) is 4.31 Å². The maximum absolute atomic E-state index is 12.6. The molecular formula is C18H38N4O3S. The second-order valence-corrected chi connectivity index (χ2v) is 10.6. The minimum absolute atomic E-state index is 0.0452. The quantitative estimate of drug-likeness (QED) is 0.512. The maximum atomic E-state index is 12.6. The van der Waals surface area contributed by atoms with Crippen LogP contribution in [0.5, 0.6) is 0 Å². The van der Waals surface area contributed by atoms with Gasteiger partial charge in [-0.3, -0.25) is 4.99 Å². The standard InChI is InChI=1S/C18H38N4O3S/c1-14(8-9-18(4,5)6)21-17(19-7)20-10-11-26(23,24)22-12-15(2)25-16(3)13-22/h14-16H,8-13H2,1-7H3,(H2,19,20,21). The first-order chi connectivity index (χ1) is 11.9. The van der Waals surface area contributed by atoms with Gasteiger partial charge in [0.1, 0.15) is 0 Å². The van der Waals surface area contributed by atoms with Gasteiger partial charge < -0.3 is 15.4 Å². The van der Waals surface area contributed by atoms with Crippen LogP contribution in [0.4, 0.5) is 0 Å². The van der Waals surface area contributed by atoms with E-state index in [0.29, 0.717) is 31.0 Å². The van der Waals surface area contributed by atoms with Gasteiger partial charge in [0.05, 0.1) is 18.0 Å². The van der Waals surface area contributed by atoms with Gasteiger partial charge in [-0.15, -0.1) is 0 Å². The number of hydrogen-bond acceptors (Lipinski definition) is 4. The third-order valence-electron chi connectivity index (χ3n) is 4.37. The van der Waals surface area contributed by atoms with Gasteiger partial charge in [-0.25, -0.2) is 8.42 Å². The summed E-state index contributed by atoms with van der Waals surface area (Å²) in [4.78, 5) is 4.19. The van der Waals surface area contributed by atoms with Crippen LogP contribution in [0.2, 0.25) is 0 Å². The average molecular weight is 391 g/mol. The van der Waals surface area contributed by atoms with Crippen molar-refractivity contribution in [3.05, 3.63) is 0 Å². The first-order valence-electron chi connectivity index (χ1n) is 9.53. The van der Waals surface area contributed by atoms with E-state index >= 15 is 0 Å². The third-order valence-corrected chi connectivity index (χ3v) is 6.17. The van der Waals surface area contributed by atoms with E-state index in [2.05, 4.69) is 43.3 Å². The second-order valence-electron chi connectivity index (χ2n) is 8.53. The normalized spacial score (nSPS) is 24.3. The largest absolute Gasteiger partial charge is 0.373 e. The van der Waals surface area contributed by atoms with Gasteiger partial charge in [0.2, 0.25) is 10.0 Å². The Kier molecular flexibility index (Phi) is 8.82. The van der Waals surface area contributed by atoms with Gasteiger partial charge in [0.25, 0.3) is 0 Å². The summed E-state index contributed by atoms with van der Waals surface area (Å²) in [6.07, 6.45) is 2.01. The average Bonchev–Trinajstić information content (AvgIpc) is 2.50. The molecule has 0 radical (unpaired) electrons. The Morgan fingerprint density at radius 3 is 2.35 bits per heavy atom. The molecule has 0 aromatic heterocycles. The molecule has 1 aliphatic heterocycles. The van der Waals surface area contributed by atoms with Crippen LogP contribution in [0.25, 0.3) is 0 Å². The molecule has 1 heterocycles. The number of aliphatic imine (C=N–C) groups is 1. The molecule has 1 fully saturated rings. The molecule has 1 saturated heterocycles. The molecule has 0 saturated carbocycles. The van der Waals surface area contributed by atoms with E-state index in [1.165, 1.54) is 4.31 Å². The van der Waals surface area contributed by atoms with Crippen LogP contribution >= 0.6 is 0 Å². The van der Waals surface area contributed by atoms with E-state index in [0.717, 1.165) is 12.8 Å². The highest BCUT2D eigenvalue weighted by molar-refractivity contribution is 7.89. The van der Waals surface area contributed by atoms with E-state index in [4.69, 9.17) is 4.74 Å². The van der Waals surface area contributed by atoms with Crippen LogP contribution in [0.1, 0.15) is 54.4 Å². The molecule has 26 heavy (non-hydrogen) atoms. The minimum atomic E-state index is -3.30. The molecule has 0 bridgehead atoms. The number of nitrogens with one attached hydrogen (secondary N) is 2. The smallest absolute Gasteiger partial charge is 0.216 e. The molecule has 3 atom stereocenters. The summed E-state index contributed by atoms with van der Waals surface area (Å²) in [5.74, 6) is 0.689. The molecule has 0 aromatic carbocycles. The molecule has 3 unspecified atom stereocenters. The van der Waals surface area contributed by atoms with Gasteiger partial charge in [0.15, 0.2) is 5.96 Å². The summed E-state index contributed by atoms with van der Waals surface area (Å²) >= 11 is 0. The van der Waals surface area contributed by atoms with E-state index in [1.807, 2.05) is 13.8 Å². The Morgan fingerprint density at radius 2 is 1.85 bits per heavy atom. The van der Waals surface area contributed by atoms with Crippen LogP contribution in [-0.4, -0.2) is 69.4 Å². The van der Waals surface area contributed by atoms with Crippen molar-refractivity contribution in [1.82, 2.24) is 14.9 Å². The summed E-state index contributed by atoms with van der Waals surface area (Å²) in [7, 11) is -1.60. The highest BCUT2D eigenvalue weighted by atomic mass is 32.2. The summed E-state index contributed by atoms with van der Waals surface area (Å²) in [6, 6.07) is 0.276. The Bertz CT molecular complexity index is 547. The summed E-state index contributed by atoms with van der Waals surface area (Å²) in [5.41, 5.74) is 0.299. The number of hydrogen-bond donors (Lipinski definition) is 2. The van der Waals surface area contributed by atoms with Crippen molar-refractivity contribution >= 4 is 16.0 Å². The highest BCUT2D eigenvalue weighted by Crippen LogP contribution is 2.21. The monoisotopic (exact) mass is 390 g/mol. The van der Waals surface area contributed by atoms with Crippen molar-refractivity contribution in [2.24, 2.45) is 10.4 Å². The number of sulfonamides is 1. The fraction of sp³-hybridized carbons (Fsp3) is 0.944. The van der Waals surface area contributed by atoms with Crippen molar-refractivity contribution in [1.29, 1.82) is 0 Å². The second kappa shape index (κ2) is 9.90. The van der Waals surface area contributed by atoms with Crippen molar-refractivity contribution < 1.29 is 13.2 Å². The Morgan fingerprint density at radius 1 is 1.27 bits per heavy atom. The van der Waals surface area contributed by atoms with Gasteiger partial charge >= 0.3 is 0 Å². The summed E-state index contributed by atoms with van der Waals surface area (Å²) in [5, 5.41) is 6.45. The van der Waals surface area contributed by atoms with Crippen molar-refractivity contribution in [2.45, 2.75) is 72.6 Å². The molecular weight excluding hydrogens is 352 g/mol. The van der Waals surface area contributed by atoms with E-state index in [9.17, 15) is 8.42 Å². The number of ether oxygens (including phenoxy) is 1. The Labute approximate surface area is 160 Å². The zero-order valence-corrected chi connectivity index (χ0v) is 18.3. The zero-order chi connectivity index (χ0) is 20.0. The Hall–Kier alpha value is -0.860. The lowest BCUT2D eigenvalue weighted by atomic mass is 9.89. The molecule has 154 valence electrons. The maximum Gasteiger partial charge on any atom is 0.216 e. The fourth-order valence-electron chi connectivity index (χ4n) is 2.94. The topological polar surface area (TPSA) is 83.0 Å². The molecule has 0 amide bonds. The van der Waals surface area contributed by atoms with Gasteiger partial charge in [-0.05, 0) is 39.0 Å². The first kappa shape index (κ1) is 23.2. The molecule has 1 rings (SSSR count). The zero-order valence-electron chi connectivity index (χ0n) is 17.5. The van der Waals surface area contributed by atoms with Crippen LogP contribution in [0.15, 0.2) is 4.99 Å². The summed E-state index contributed by atoms with van der Waals surface area (Å²) < 4.78 is 32.3. The van der Waals surface area contributed by atoms with Crippen molar-refractivity contribution in [3.63, 3.8) is 0 Å². The van der Waals surface area contributed by atoms with E-state index < -0.39 is 10.0 Å². The highest BCUT2D eigenvalue weighted by Gasteiger charge is 2.30. The first-order valence-corrected chi connectivity index (χ1v) is 11.1. The van der Waals surface area contributed by atoms with Crippen LogP contribution in [-0.2, 0) is 14.8 Å². The van der Waals surface area contributed by atoms with E-state index in [-0.39, 0.29) is 24.0 Å². The number of nitrogens with zero attached hydrogens (tertiary/aromatic N) is 2. The van der Waals surface area contributed by atoms with Crippen LogP contribution < -0.4 is 10.6 Å². The van der Waals surface area contributed by atoms with Crippen molar-refractivity contribution in [2.75, 3.05) is 32.4 Å². The minimum Gasteiger partial charge on any atom is -0.373 e. The van der Waals surface area contributed by atoms with E-state index in [1.54, 1.807) is 7.05 Å². The predicted molar refractivity (Wildman–Crippen MR) is 108 cm³/mol. The lowest BCUT2D eigenvalue weighted by molar-refractivity contribution is -0.0440.